The van der Waals surface area contributed by atoms with E-state index in [1.807, 2.05) is 0 Å². The summed E-state index contributed by atoms with van der Waals surface area (Å²) >= 11 is 0. The maximum atomic E-state index is 3.75. The van der Waals surface area contributed by atoms with Crippen molar-refractivity contribution in [2.24, 2.45) is 11.3 Å². The van der Waals surface area contributed by atoms with Crippen LogP contribution in [-0.2, 0) is 0 Å². The van der Waals surface area contributed by atoms with Crippen LogP contribution in [0.1, 0.15) is 98.8 Å². The summed E-state index contributed by atoms with van der Waals surface area (Å²) in [6.07, 6.45) is 14.4. The molecular weight excluding hydrogens is 242 g/mol. The van der Waals surface area contributed by atoms with E-state index in [1.54, 1.807) is 0 Å². The van der Waals surface area contributed by atoms with Crippen LogP contribution in [0.4, 0.5) is 0 Å². The van der Waals surface area contributed by atoms with E-state index < -0.39 is 0 Å². The van der Waals surface area contributed by atoms with E-state index >= 15 is 0 Å². The Morgan fingerprint density at radius 2 is 1.40 bits per heavy atom. The molecule has 0 heterocycles. The first-order chi connectivity index (χ1) is 9.37. The molecule has 0 aliphatic heterocycles. The summed E-state index contributed by atoms with van der Waals surface area (Å²) in [7, 11) is 0. The van der Waals surface area contributed by atoms with Crippen LogP contribution in [0.3, 0.4) is 0 Å². The van der Waals surface area contributed by atoms with Gasteiger partial charge in [0.25, 0.3) is 0 Å². The van der Waals surface area contributed by atoms with Crippen molar-refractivity contribution in [1.82, 2.24) is 5.32 Å². The van der Waals surface area contributed by atoms with Gasteiger partial charge in [-0.1, -0.05) is 58.8 Å². The van der Waals surface area contributed by atoms with Gasteiger partial charge in [-0.15, -0.1) is 0 Å². The summed E-state index contributed by atoms with van der Waals surface area (Å²) in [5, 5.41) is 3.75. The predicted molar refractivity (Wildman–Crippen MR) is 91.2 cm³/mol. The molecule has 0 aromatic carbocycles. The van der Waals surface area contributed by atoms with Gasteiger partial charge >= 0.3 is 0 Å². The maximum absolute atomic E-state index is 3.75. The van der Waals surface area contributed by atoms with Crippen LogP contribution < -0.4 is 5.32 Å². The molecular formula is C19H39N. The van der Waals surface area contributed by atoms with Gasteiger partial charge in [0.2, 0.25) is 0 Å². The first kappa shape index (κ1) is 18.0. The van der Waals surface area contributed by atoms with Gasteiger partial charge in [0, 0.05) is 12.1 Å². The van der Waals surface area contributed by atoms with Crippen LogP contribution in [0.2, 0.25) is 0 Å². The molecule has 1 fully saturated rings. The minimum atomic E-state index is 0.260. The summed E-state index contributed by atoms with van der Waals surface area (Å²) in [5.74, 6) is 0.998. The zero-order valence-electron chi connectivity index (χ0n) is 14.9. The minimum Gasteiger partial charge on any atom is -0.312 e. The van der Waals surface area contributed by atoms with E-state index in [0.29, 0.717) is 5.41 Å². The van der Waals surface area contributed by atoms with Crippen molar-refractivity contribution in [3.05, 3.63) is 0 Å². The van der Waals surface area contributed by atoms with Crippen LogP contribution in [0, 0.1) is 11.3 Å². The third-order valence-electron chi connectivity index (χ3n) is 4.94. The van der Waals surface area contributed by atoms with E-state index in [-0.39, 0.29) is 5.54 Å². The maximum Gasteiger partial charge on any atom is 0.00967 e. The van der Waals surface area contributed by atoms with E-state index in [2.05, 4.69) is 39.9 Å². The molecule has 1 unspecified atom stereocenters. The highest BCUT2D eigenvalue weighted by Gasteiger charge is 2.40. The standard InChI is InChI=1S/C19H39N/c1-6-7-8-9-10-11-12-15-19(5,17-13-14-17)16-20-18(2,3)4/h17,20H,6-16H2,1-5H3. The number of nitrogens with one attached hydrogen (secondary N) is 1. The van der Waals surface area contributed by atoms with Crippen molar-refractivity contribution >= 4 is 0 Å². The van der Waals surface area contributed by atoms with E-state index in [9.17, 15) is 0 Å². The second-order valence-electron chi connectivity index (χ2n) is 8.40. The van der Waals surface area contributed by atoms with Gasteiger partial charge in [-0.05, 0) is 51.4 Å². The third-order valence-corrected chi connectivity index (χ3v) is 4.94. The molecule has 0 aromatic heterocycles. The fraction of sp³-hybridized carbons (Fsp3) is 1.00. The molecule has 0 aromatic rings. The highest BCUT2D eigenvalue weighted by molar-refractivity contribution is 4.93. The highest BCUT2D eigenvalue weighted by Crippen LogP contribution is 2.48. The predicted octanol–water partition coefficient (Wildman–Crippen LogP) is 5.93. The lowest BCUT2D eigenvalue weighted by molar-refractivity contribution is 0.205. The number of hydrogen-bond donors (Lipinski definition) is 1. The van der Waals surface area contributed by atoms with Gasteiger partial charge in [-0.25, -0.2) is 0 Å². The Balaban J connectivity index is 2.18. The number of rotatable bonds is 11. The molecule has 1 saturated carbocycles. The zero-order valence-corrected chi connectivity index (χ0v) is 14.9. The SMILES string of the molecule is CCCCCCCCCC(C)(CNC(C)(C)C)C1CC1. The lowest BCUT2D eigenvalue weighted by Crippen LogP contribution is -2.43. The third kappa shape index (κ3) is 7.67. The van der Waals surface area contributed by atoms with E-state index in [1.165, 1.54) is 70.8 Å². The summed E-state index contributed by atoms with van der Waals surface area (Å²) in [6.45, 7) is 12.9. The average molecular weight is 282 g/mol. The van der Waals surface area contributed by atoms with Gasteiger partial charge in [0.05, 0.1) is 0 Å². The topological polar surface area (TPSA) is 12.0 Å². The molecule has 0 radical (unpaired) electrons. The summed E-state index contributed by atoms with van der Waals surface area (Å²) in [6, 6.07) is 0. The Kier molecular flexibility index (Phi) is 7.58. The van der Waals surface area contributed by atoms with Crippen LogP contribution in [-0.4, -0.2) is 12.1 Å². The molecule has 1 aliphatic rings. The van der Waals surface area contributed by atoms with Crippen LogP contribution in [0.5, 0.6) is 0 Å². The molecule has 20 heavy (non-hydrogen) atoms. The first-order valence-electron chi connectivity index (χ1n) is 9.12. The normalized spacial score (nSPS) is 19.1. The molecule has 1 atom stereocenters. The van der Waals surface area contributed by atoms with Gasteiger partial charge < -0.3 is 5.32 Å². The Hall–Kier alpha value is -0.0400. The summed E-state index contributed by atoms with van der Waals surface area (Å²) in [4.78, 5) is 0. The fourth-order valence-corrected chi connectivity index (χ4v) is 3.17. The molecule has 0 spiro atoms. The average Bonchev–Trinajstić information content (AvgIpc) is 3.19. The van der Waals surface area contributed by atoms with Gasteiger partial charge in [-0.3, -0.25) is 0 Å². The molecule has 1 N–H and O–H groups in total. The molecule has 1 heteroatoms. The van der Waals surface area contributed by atoms with E-state index in [0.717, 1.165) is 5.92 Å². The van der Waals surface area contributed by atoms with Gasteiger partial charge in [0.15, 0.2) is 0 Å². The van der Waals surface area contributed by atoms with Crippen LogP contribution in [0.25, 0.3) is 0 Å². The van der Waals surface area contributed by atoms with Crippen molar-refractivity contribution in [3.8, 4) is 0 Å². The molecule has 0 saturated heterocycles. The van der Waals surface area contributed by atoms with Crippen molar-refractivity contribution in [3.63, 3.8) is 0 Å². The quantitative estimate of drug-likeness (QED) is 0.463. The first-order valence-corrected chi connectivity index (χ1v) is 9.12. The van der Waals surface area contributed by atoms with Gasteiger partial charge in [0.1, 0.15) is 0 Å². The van der Waals surface area contributed by atoms with Crippen molar-refractivity contribution < 1.29 is 0 Å². The van der Waals surface area contributed by atoms with Crippen molar-refractivity contribution in [2.75, 3.05) is 6.54 Å². The minimum absolute atomic E-state index is 0.260. The van der Waals surface area contributed by atoms with Crippen molar-refractivity contribution in [2.45, 2.75) is 104 Å². The Morgan fingerprint density at radius 3 is 1.90 bits per heavy atom. The Labute approximate surface area is 128 Å². The monoisotopic (exact) mass is 281 g/mol. The van der Waals surface area contributed by atoms with Crippen LogP contribution in [0.15, 0.2) is 0 Å². The van der Waals surface area contributed by atoms with E-state index in [4.69, 9.17) is 0 Å². The summed E-state index contributed by atoms with van der Waals surface area (Å²) in [5.41, 5.74) is 0.813. The molecule has 1 aliphatic carbocycles. The molecule has 120 valence electrons. The lowest BCUT2D eigenvalue weighted by Gasteiger charge is -2.34. The molecule has 0 amide bonds. The largest absolute Gasteiger partial charge is 0.312 e. The zero-order chi connectivity index (χ0) is 15.1. The molecule has 1 nitrogen and oxygen atoms in total. The number of hydrogen-bond acceptors (Lipinski definition) is 1. The Morgan fingerprint density at radius 1 is 0.850 bits per heavy atom. The summed E-state index contributed by atoms with van der Waals surface area (Å²) < 4.78 is 0. The Bertz CT molecular complexity index is 249. The van der Waals surface area contributed by atoms with Crippen molar-refractivity contribution in [1.29, 1.82) is 0 Å². The lowest BCUT2D eigenvalue weighted by atomic mass is 9.79. The second kappa shape index (κ2) is 8.41. The van der Waals surface area contributed by atoms with Gasteiger partial charge in [-0.2, -0.15) is 0 Å². The smallest absolute Gasteiger partial charge is 0.00967 e. The number of unbranched alkanes of at least 4 members (excludes halogenated alkanes) is 6. The second-order valence-corrected chi connectivity index (χ2v) is 8.40. The van der Waals surface area contributed by atoms with Crippen LogP contribution >= 0.6 is 0 Å². The highest BCUT2D eigenvalue weighted by atomic mass is 15.0. The molecule has 1 rings (SSSR count). The molecule has 0 bridgehead atoms. The fourth-order valence-electron chi connectivity index (χ4n) is 3.17.